The van der Waals surface area contributed by atoms with Crippen molar-refractivity contribution in [3.63, 3.8) is 0 Å². The number of hydrogen-bond donors (Lipinski definition) is 0. The van der Waals surface area contributed by atoms with Crippen LogP contribution < -0.4 is 0 Å². The quantitative estimate of drug-likeness (QED) is 0.612. The molecular weight excluding hydrogens is 130 g/mol. The molecule has 1 rings (SSSR count). The topological polar surface area (TPSA) is 39.2 Å². The van der Waals surface area contributed by atoms with Crippen molar-refractivity contribution in [2.24, 2.45) is 0 Å². The van der Waals surface area contributed by atoms with Gasteiger partial charge in [0, 0.05) is 6.20 Å². The van der Waals surface area contributed by atoms with Crippen molar-refractivity contribution in [3.05, 3.63) is 30.1 Å². The molecular formula is C7H6NO2. The van der Waals surface area contributed by atoms with Crippen LogP contribution in [-0.2, 0) is 16.1 Å². The number of ether oxygens (including phenoxy) is 1. The number of nitrogens with zero attached hydrogens (tertiary/aromatic N) is 1. The molecule has 0 aliphatic heterocycles. The van der Waals surface area contributed by atoms with Gasteiger partial charge < -0.3 is 4.74 Å². The first-order chi connectivity index (χ1) is 4.93. The number of pyridine rings is 1. The Morgan fingerprint density at radius 1 is 1.60 bits per heavy atom. The summed E-state index contributed by atoms with van der Waals surface area (Å²) in [6, 6.07) is 5.40. The van der Waals surface area contributed by atoms with Crippen molar-refractivity contribution in [1.82, 2.24) is 4.98 Å². The highest BCUT2D eigenvalue weighted by atomic mass is 16.5. The summed E-state index contributed by atoms with van der Waals surface area (Å²) in [7, 11) is 0. The zero-order valence-corrected chi connectivity index (χ0v) is 5.28. The molecule has 0 fully saturated rings. The first-order valence-corrected chi connectivity index (χ1v) is 2.82. The molecule has 0 aliphatic carbocycles. The van der Waals surface area contributed by atoms with Gasteiger partial charge in [0.25, 0.3) is 0 Å². The van der Waals surface area contributed by atoms with Crippen molar-refractivity contribution in [2.75, 3.05) is 0 Å². The van der Waals surface area contributed by atoms with E-state index in [0.717, 1.165) is 5.69 Å². The molecule has 1 heterocycles. The first kappa shape index (κ1) is 6.74. The number of hydrogen-bond acceptors (Lipinski definition) is 3. The van der Waals surface area contributed by atoms with Crippen LogP contribution in [0.25, 0.3) is 0 Å². The molecule has 1 aromatic rings. The predicted molar refractivity (Wildman–Crippen MR) is 34.7 cm³/mol. The molecule has 0 atom stereocenters. The number of aromatic nitrogens is 1. The molecule has 0 bridgehead atoms. The zero-order chi connectivity index (χ0) is 7.23. The maximum Gasteiger partial charge on any atom is 0.417 e. The molecule has 0 N–H and O–H groups in total. The lowest BCUT2D eigenvalue weighted by atomic mass is 10.4. The van der Waals surface area contributed by atoms with E-state index in [2.05, 4.69) is 9.72 Å². The predicted octanol–water partition coefficient (Wildman–Crippen LogP) is 0.665. The fourth-order valence-electron chi connectivity index (χ4n) is 0.587. The van der Waals surface area contributed by atoms with Crippen LogP contribution in [0.4, 0.5) is 0 Å². The molecule has 1 aromatic heterocycles. The van der Waals surface area contributed by atoms with Crippen molar-refractivity contribution in [1.29, 1.82) is 0 Å². The maximum atomic E-state index is 9.60. The summed E-state index contributed by atoms with van der Waals surface area (Å²) in [5.41, 5.74) is 0.728. The molecule has 0 unspecified atom stereocenters. The SMILES string of the molecule is O=[C]OCc1ccccn1. The van der Waals surface area contributed by atoms with Gasteiger partial charge in [0.05, 0.1) is 5.69 Å². The van der Waals surface area contributed by atoms with Gasteiger partial charge in [-0.3, -0.25) is 4.98 Å². The second kappa shape index (κ2) is 3.61. The highest BCUT2D eigenvalue weighted by molar-refractivity contribution is 5.38. The van der Waals surface area contributed by atoms with E-state index in [1.807, 2.05) is 6.07 Å². The second-order valence-electron chi connectivity index (χ2n) is 1.69. The van der Waals surface area contributed by atoms with E-state index >= 15 is 0 Å². The first-order valence-electron chi connectivity index (χ1n) is 2.82. The van der Waals surface area contributed by atoms with Gasteiger partial charge in [0.15, 0.2) is 0 Å². The van der Waals surface area contributed by atoms with Crippen molar-refractivity contribution >= 4 is 6.47 Å². The third-order valence-corrected chi connectivity index (χ3v) is 1.01. The molecule has 1 radical (unpaired) electrons. The van der Waals surface area contributed by atoms with Gasteiger partial charge in [-0.15, -0.1) is 0 Å². The summed E-state index contributed by atoms with van der Waals surface area (Å²) in [4.78, 5) is 13.5. The van der Waals surface area contributed by atoms with Gasteiger partial charge in [-0.05, 0) is 12.1 Å². The van der Waals surface area contributed by atoms with Gasteiger partial charge in [0.1, 0.15) is 6.61 Å². The molecule has 0 spiro atoms. The van der Waals surface area contributed by atoms with Crippen LogP contribution >= 0.6 is 0 Å². The summed E-state index contributed by atoms with van der Waals surface area (Å²) in [6.07, 6.45) is 1.64. The molecule has 3 nitrogen and oxygen atoms in total. The minimum Gasteiger partial charge on any atom is -0.451 e. The largest absolute Gasteiger partial charge is 0.451 e. The van der Waals surface area contributed by atoms with Crippen LogP contribution in [0.2, 0.25) is 0 Å². The lowest BCUT2D eigenvalue weighted by molar-refractivity contribution is 0.263. The van der Waals surface area contributed by atoms with Crippen molar-refractivity contribution in [2.45, 2.75) is 6.61 Å². The highest BCUT2D eigenvalue weighted by Crippen LogP contribution is 1.93. The average Bonchev–Trinajstić information content (AvgIpc) is 2.03. The highest BCUT2D eigenvalue weighted by Gasteiger charge is 1.89. The smallest absolute Gasteiger partial charge is 0.417 e. The molecule has 10 heavy (non-hydrogen) atoms. The molecule has 51 valence electrons. The maximum absolute atomic E-state index is 9.60. The fourth-order valence-corrected chi connectivity index (χ4v) is 0.587. The van der Waals surface area contributed by atoms with E-state index in [1.54, 1.807) is 18.3 Å². The lowest BCUT2D eigenvalue weighted by Gasteiger charge is -1.94. The molecule has 0 saturated heterocycles. The van der Waals surface area contributed by atoms with Crippen molar-refractivity contribution in [3.8, 4) is 0 Å². The average molecular weight is 136 g/mol. The minimum atomic E-state index is 0.199. The zero-order valence-electron chi connectivity index (χ0n) is 5.28. The third kappa shape index (κ3) is 1.85. The van der Waals surface area contributed by atoms with Crippen molar-refractivity contribution < 1.29 is 9.53 Å². The molecule has 0 amide bonds. The van der Waals surface area contributed by atoms with E-state index in [0.29, 0.717) is 0 Å². The molecule has 0 saturated carbocycles. The molecule has 0 aromatic carbocycles. The molecule has 3 heteroatoms. The van der Waals surface area contributed by atoms with Gasteiger partial charge in [-0.2, -0.15) is 0 Å². The van der Waals surface area contributed by atoms with Crippen LogP contribution in [0.3, 0.4) is 0 Å². The van der Waals surface area contributed by atoms with Crippen LogP contribution in [0.1, 0.15) is 5.69 Å². The second-order valence-corrected chi connectivity index (χ2v) is 1.69. The van der Waals surface area contributed by atoms with E-state index in [1.165, 1.54) is 6.47 Å². The van der Waals surface area contributed by atoms with Gasteiger partial charge >= 0.3 is 6.47 Å². The Labute approximate surface area is 58.7 Å². The summed E-state index contributed by atoms with van der Waals surface area (Å²) in [5, 5.41) is 0. The number of rotatable bonds is 3. The molecule has 0 aliphatic rings. The van der Waals surface area contributed by atoms with E-state index in [4.69, 9.17) is 0 Å². The Bertz CT molecular complexity index is 198. The Kier molecular flexibility index (Phi) is 2.43. The third-order valence-electron chi connectivity index (χ3n) is 1.01. The number of carbonyl (C=O) groups excluding carboxylic acids is 1. The van der Waals surface area contributed by atoms with Gasteiger partial charge in [-0.1, -0.05) is 6.07 Å². The Hall–Kier alpha value is -1.38. The monoisotopic (exact) mass is 136 g/mol. The Morgan fingerprint density at radius 3 is 3.10 bits per heavy atom. The van der Waals surface area contributed by atoms with E-state index in [9.17, 15) is 4.79 Å². The summed E-state index contributed by atoms with van der Waals surface area (Å²) >= 11 is 0. The van der Waals surface area contributed by atoms with E-state index in [-0.39, 0.29) is 6.61 Å². The Balaban J connectivity index is 2.50. The summed E-state index contributed by atoms with van der Waals surface area (Å²) < 4.78 is 4.35. The van der Waals surface area contributed by atoms with Gasteiger partial charge in [0.2, 0.25) is 0 Å². The van der Waals surface area contributed by atoms with E-state index < -0.39 is 0 Å². The normalized spacial score (nSPS) is 8.80. The summed E-state index contributed by atoms with van der Waals surface area (Å²) in [5.74, 6) is 0. The standard InChI is InChI=1S/C7H6NO2/c9-6-10-5-7-3-1-2-4-8-7/h1-4H,5H2. The fraction of sp³-hybridized carbons (Fsp3) is 0.143. The van der Waals surface area contributed by atoms with Gasteiger partial charge in [-0.25, -0.2) is 4.79 Å². The lowest BCUT2D eigenvalue weighted by Crippen LogP contribution is -1.91. The Morgan fingerprint density at radius 2 is 2.50 bits per heavy atom. The minimum absolute atomic E-state index is 0.199. The summed E-state index contributed by atoms with van der Waals surface area (Å²) in [6.45, 7) is 1.52. The van der Waals surface area contributed by atoms with Crippen LogP contribution in [0.5, 0.6) is 0 Å². The van der Waals surface area contributed by atoms with Crippen LogP contribution in [0, 0.1) is 0 Å². The van der Waals surface area contributed by atoms with Crippen LogP contribution in [-0.4, -0.2) is 11.5 Å². The van der Waals surface area contributed by atoms with Crippen LogP contribution in [0.15, 0.2) is 24.4 Å².